The largest absolute Gasteiger partial charge is 0.305 e. The van der Waals surface area contributed by atoms with E-state index in [1.807, 2.05) is 12.3 Å². The summed E-state index contributed by atoms with van der Waals surface area (Å²) in [7, 11) is 0. The van der Waals surface area contributed by atoms with Gasteiger partial charge in [-0.2, -0.15) is 0 Å². The fraction of sp³-hybridized carbons (Fsp3) is 0.214. The molecule has 2 heterocycles. The normalized spacial score (nSPS) is 18.1. The number of hydrogen-bond acceptors (Lipinski definition) is 2. The van der Waals surface area contributed by atoms with Crippen LogP contribution in [0.5, 0.6) is 0 Å². The monoisotopic (exact) mass is 288 g/mol. The van der Waals surface area contributed by atoms with Crippen molar-refractivity contribution >= 4 is 15.9 Å². The second kappa shape index (κ2) is 4.59. The van der Waals surface area contributed by atoms with Crippen LogP contribution in [0, 0.1) is 0 Å². The van der Waals surface area contributed by atoms with Crippen LogP contribution in [0.3, 0.4) is 0 Å². The molecule has 86 valence electrons. The molecule has 0 radical (unpaired) electrons. The minimum atomic E-state index is 0.403. The molecule has 2 aromatic rings. The van der Waals surface area contributed by atoms with E-state index in [-0.39, 0.29) is 0 Å². The van der Waals surface area contributed by atoms with Crippen LogP contribution >= 0.6 is 15.9 Å². The number of nitrogens with zero attached hydrogens (tertiary/aromatic N) is 1. The van der Waals surface area contributed by atoms with Crippen LogP contribution in [0.1, 0.15) is 22.9 Å². The lowest BCUT2D eigenvalue weighted by atomic mass is 10.0. The summed E-state index contributed by atoms with van der Waals surface area (Å²) in [4.78, 5) is 4.43. The molecule has 1 unspecified atom stereocenters. The van der Waals surface area contributed by atoms with Crippen LogP contribution in [-0.4, -0.2) is 4.98 Å². The summed E-state index contributed by atoms with van der Waals surface area (Å²) in [5.74, 6) is 0. The fourth-order valence-electron chi connectivity index (χ4n) is 2.30. The third-order valence-corrected chi connectivity index (χ3v) is 3.64. The number of aromatic nitrogens is 1. The van der Waals surface area contributed by atoms with E-state index in [1.54, 1.807) is 0 Å². The number of halogens is 1. The van der Waals surface area contributed by atoms with Crippen molar-refractivity contribution in [3.63, 3.8) is 0 Å². The van der Waals surface area contributed by atoms with Crippen molar-refractivity contribution in [2.45, 2.75) is 19.0 Å². The van der Waals surface area contributed by atoms with E-state index in [9.17, 15) is 0 Å². The molecule has 0 aliphatic carbocycles. The van der Waals surface area contributed by atoms with Gasteiger partial charge in [-0.1, -0.05) is 24.3 Å². The molecule has 0 amide bonds. The number of rotatable bonds is 2. The first-order valence-corrected chi connectivity index (χ1v) is 6.54. The molecule has 1 aliphatic rings. The second-order valence-corrected chi connectivity index (χ2v) is 5.22. The summed E-state index contributed by atoms with van der Waals surface area (Å²) in [6.45, 7) is 0.970. The van der Waals surface area contributed by atoms with Gasteiger partial charge in [-0.25, -0.2) is 0 Å². The van der Waals surface area contributed by atoms with E-state index in [1.165, 1.54) is 11.1 Å². The van der Waals surface area contributed by atoms with E-state index in [4.69, 9.17) is 0 Å². The molecule has 1 aliphatic heterocycles. The van der Waals surface area contributed by atoms with Gasteiger partial charge in [0.15, 0.2) is 0 Å². The summed E-state index contributed by atoms with van der Waals surface area (Å²) in [6, 6.07) is 13.1. The quantitative estimate of drug-likeness (QED) is 0.918. The van der Waals surface area contributed by atoms with Crippen LogP contribution in [0.2, 0.25) is 0 Å². The molecule has 1 aromatic heterocycles. The zero-order chi connectivity index (χ0) is 11.7. The van der Waals surface area contributed by atoms with Gasteiger partial charge in [-0.05, 0) is 39.2 Å². The smallest absolute Gasteiger partial charge is 0.0423 e. The molecular weight excluding hydrogens is 276 g/mol. The van der Waals surface area contributed by atoms with Gasteiger partial charge in [0.2, 0.25) is 0 Å². The standard InChI is InChI=1S/C14H13BrN2/c15-11-5-6-12(16-9-11)7-14-13-4-2-1-3-10(13)8-17-14/h1-6,9,14,17H,7-8H2. The van der Waals surface area contributed by atoms with Gasteiger partial charge in [0.25, 0.3) is 0 Å². The number of nitrogens with one attached hydrogen (secondary N) is 1. The Bertz CT molecular complexity index is 522. The minimum absolute atomic E-state index is 0.403. The Kier molecular flexibility index (Phi) is 2.95. The number of fused-ring (bicyclic) bond motifs is 1. The molecule has 3 rings (SSSR count). The summed E-state index contributed by atoms with van der Waals surface area (Å²) in [6.07, 6.45) is 2.81. The Morgan fingerprint density at radius 2 is 2.12 bits per heavy atom. The lowest BCUT2D eigenvalue weighted by Gasteiger charge is -2.11. The topological polar surface area (TPSA) is 24.9 Å². The molecule has 0 bridgehead atoms. The van der Waals surface area contributed by atoms with Gasteiger partial charge in [0.05, 0.1) is 0 Å². The summed E-state index contributed by atoms with van der Waals surface area (Å²) < 4.78 is 1.03. The zero-order valence-electron chi connectivity index (χ0n) is 9.36. The molecule has 3 heteroatoms. The van der Waals surface area contributed by atoms with E-state index in [0.29, 0.717) is 6.04 Å². The van der Waals surface area contributed by atoms with Crippen LogP contribution < -0.4 is 5.32 Å². The van der Waals surface area contributed by atoms with E-state index in [2.05, 4.69) is 56.6 Å². The summed E-state index contributed by atoms with van der Waals surface area (Å²) >= 11 is 3.41. The van der Waals surface area contributed by atoms with Gasteiger partial charge in [-0.3, -0.25) is 4.98 Å². The van der Waals surface area contributed by atoms with E-state index in [0.717, 1.165) is 23.1 Å². The Balaban J connectivity index is 1.81. The summed E-state index contributed by atoms with van der Waals surface area (Å²) in [5.41, 5.74) is 3.95. The maximum atomic E-state index is 4.43. The molecule has 1 aromatic carbocycles. The number of hydrogen-bond donors (Lipinski definition) is 1. The second-order valence-electron chi connectivity index (χ2n) is 4.30. The van der Waals surface area contributed by atoms with Crippen molar-refractivity contribution in [1.82, 2.24) is 10.3 Å². The fourth-order valence-corrected chi connectivity index (χ4v) is 2.53. The van der Waals surface area contributed by atoms with E-state index < -0.39 is 0 Å². The van der Waals surface area contributed by atoms with Crippen molar-refractivity contribution < 1.29 is 0 Å². The highest BCUT2D eigenvalue weighted by molar-refractivity contribution is 9.10. The van der Waals surface area contributed by atoms with Crippen molar-refractivity contribution in [1.29, 1.82) is 0 Å². The molecule has 0 fully saturated rings. The first kappa shape index (κ1) is 10.9. The number of pyridine rings is 1. The first-order valence-electron chi connectivity index (χ1n) is 5.74. The van der Waals surface area contributed by atoms with Crippen LogP contribution in [0.15, 0.2) is 47.1 Å². The van der Waals surface area contributed by atoms with E-state index >= 15 is 0 Å². The van der Waals surface area contributed by atoms with Crippen molar-refractivity contribution in [2.75, 3.05) is 0 Å². The van der Waals surface area contributed by atoms with Gasteiger partial charge in [-0.15, -0.1) is 0 Å². The van der Waals surface area contributed by atoms with Gasteiger partial charge in [0, 0.05) is 35.4 Å². The van der Waals surface area contributed by atoms with Crippen molar-refractivity contribution in [2.24, 2.45) is 0 Å². The molecule has 0 saturated carbocycles. The Labute approximate surface area is 109 Å². The Morgan fingerprint density at radius 1 is 1.24 bits per heavy atom. The predicted octanol–water partition coefficient (Wildman–Crippen LogP) is 3.23. The third kappa shape index (κ3) is 2.26. The Hall–Kier alpha value is -1.19. The molecular formula is C14H13BrN2. The minimum Gasteiger partial charge on any atom is -0.305 e. The third-order valence-electron chi connectivity index (χ3n) is 3.17. The highest BCUT2D eigenvalue weighted by Crippen LogP contribution is 2.27. The van der Waals surface area contributed by atoms with Crippen molar-refractivity contribution in [3.8, 4) is 0 Å². The maximum absolute atomic E-state index is 4.43. The first-order chi connectivity index (χ1) is 8.33. The SMILES string of the molecule is Brc1ccc(CC2NCc3ccccc32)nc1. The zero-order valence-corrected chi connectivity index (χ0v) is 10.9. The lowest BCUT2D eigenvalue weighted by molar-refractivity contribution is 0.574. The van der Waals surface area contributed by atoms with Crippen molar-refractivity contribution in [3.05, 3.63) is 63.9 Å². The lowest BCUT2D eigenvalue weighted by Crippen LogP contribution is -2.15. The average molecular weight is 289 g/mol. The molecule has 17 heavy (non-hydrogen) atoms. The summed E-state index contributed by atoms with van der Waals surface area (Å²) in [5, 5.41) is 3.53. The van der Waals surface area contributed by atoms with Gasteiger partial charge in [0.1, 0.15) is 0 Å². The molecule has 1 N–H and O–H groups in total. The highest BCUT2D eigenvalue weighted by atomic mass is 79.9. The highest BCUT2D eigenvalue weighted by Gasteiger charge is 2.21. The molecule has 0 saturated heterocycles. The van der Waals surface area contributed by atoms with Crippen LogP contribution in [0.25, 0.3) is 0 Å². The molecule has 2 nitrogen and oxygen atoms in total. The average Bonchev–Trinajstić information content (AvgIpc) is 2.76. The Morgan fingerprint density at radius 3 is 2.94 bits per heavy atom. The van der Waals surface area contributed by atoms with Crippen LogP contribution in [0.4, 0.5) is 0 Å². The molecule has 1 atom stereocenters. The van der Waals surface area contributed by atoms with Gasteiger partial charge < -0.3 is 5.32 Å². The van der Waals surface area contributed by atoms with Gasteiger partial charge >= 0.3 is 0 Å². The number of benzene rings is 1. The molecule has 0 spiro atoms. The predicted molar refractivity (Wildman–Crippen MR) is 71.7 cm³/mol. The van der Waals surface area contributed by atoms with Crippen LogP contribution in [-0.2, 0) is 13.0 Å². The maximum Gasteiger partial charge on any atom is 0.0423 e.